The van der Waals surface area contributed by atoms with Gasteiger partial charge in [0.25, 0.3) is 0 Å². The zero-order chi connectivity index (χ0) is 14.9. The van der Waals surface area contributed by atoms with Gasteiger partial charge in [-0.25, -0.2) is 0 Å². The topological polar surface area (TPSA) is 32.3 Å². The third kappa shape index (κ3) is 2.50. The Labute approximate surface area is 126 Å². The Balaban J connectivity index is 1.92. The van der Waals surface area contributed by atoms with Gasteiger partial charge in [0.1, 0.15) is 0 Å². The first-order chi connectivity index (χ1) is 10.2. The second kappa shape index (κ2) is 5.63. The van der Waals surface area contributed by atoms with Crippen LogP contribution in [0, 0.1) is 0 Å². The van der Waals surface area contributed by atoms with Gasteiger partial charge in [-0.1, -0.05) is 62.4 Å². The standard InChI is InChI=1S/C19H23NO/c1-3-19(21,4-2)13-20-18-16-11-7-5-9-14(16)15-10-6-8-12-17(15)18/h5-12,18,20-21H,3-4,13H2,1-2H3. The number of benzene rings is 2. The minimum atomic E-state index is -0.619. The predicted octanol–water partition coefficient (Wildman–Crippen LogP) is 3.90. The molecule has 0 fully saturated rings. The number of nitrogens with one attached hydrogen (secondary N) is 1. The summed E-state index contributed by atoms with van der Waals surface area (Å²) < 4.78 is 0. The van der Waals surface area contributed by atoms with Crippen LogP contribution in [-0.4, -0.2) is 17.3 Å². The van der Waals surface area contributed by atoms with Crippen LogP contribution in [0.2, 0.25) is 0 Å². The maximum Gasteiger partial charge on any atom is 0.0766 e. The lowest BCUT2D eigenvalue weighted by Gasteiger charge is -2.28. The van der Waals surface area contributed by atoms with Gasteiger partial charge in [0, 0.05) is 6.54 Å². The molecule has 2 nitrogen and oxygen atoms in total. The second-order valence-corrected chi connectivity index (χ2v) is 5.92. The molecule has 0 radical (unpaired) electrons. The summed E-state index contributed by atoms with van der Waals surface area (Å²) in [6.45, 7) is 4.71. The summed E-state index contributed by atoms with van der Waals surface area (Å²) in [6.07, 6.45) is 1.54. The van der Waals surface area contributed by atoms with E-state index in [1.54, 1.807) is 0 Å². The van der Waals surface area contributed by atoms with Crippen molar-refractivity contribution in [2.45, 2.75) is 38.3 Å². The minimum absolute atomic E-state index is 0.182. The fourth-order valence-electron chi connectivity index (χ4n) is 3.17. The zero-order valence-corrected chi connectivity index (χ0v) is 12.8. The van der Waals surface area contributed by atoms with Crippen LogP contribution >= 0.6 is 0 Å². The Bertz CT molecular complexity index is 585. The summed E-state index contributed by atoms with van der Waals surface area (Å²) in [5.41, 5.74) is 4.62. The van der Waals surface area contributed by atoms with Crippen LogP contribution in [-0.2, 0) is 0 Å². The van der Waals surface area contributed by atoms with Gasteiger partial charge < -0.3 is 10.4 Å². The van der Waals surface area contributed by atoms with Crippen molar-refractivity contribution in [1.82, 2.24) is 5.32 Å². The largest absolute Gasteiger partial charge is 0.389 e. The quantitative estimate of drug-likeness (QED) is 0.871. The van der Waals surface area contributed by atoms with Gasteiger partial charge in [0.05, 0.1) is 11.6 Å². The summed E-state index contributed by atoms with van der Waals surface area (Å²) in [4.78, 5) is 0. The Morgan fingerprint density at radius 3 is 1.86 bits per heavy atom. The maximum atomic E-state index is 10.5. The van der Waals surface area contributed by atoms with Gasteiger partial charge >= 0.3 is 0 Å². The van der Waals surface area contributed by atoms with E-state index in [0.29, 0.717) is 6.54 Å². The molecule has 0 aromatic heterocycles. The Morgan fingerprint density at radius 1 is 0.905 bits per heavy atom. The van der Waals surface area contributed by atoms with Crippen LogP contribution in [0.5, 0.6) is 0 Å². The first-order valence-electron chi connectivity index (χ1n) is 7.82. The van der Waals surface area contributed by atoms with Gasteiger partial charge in [-0.2, -0.15) is 0 Å². The fraction of sp³-hybridized carbons (Fsp3) is 0.368. The first-order valence-corrected chi connectivity index (χ1v) is 7.82. The highest BCUT2D eigenvalue weighted by atomic mass is 16.3. The Morgan fingerprint density at radius 2 is 1.38 bits per heavy atom. The zero-order valence-electron chi connectivity index (χ0n) is 12.8. The van der Waals surface area contributed by atoms with Gasteiger partial charge in [0.15, 0.2) is 0 Å². The summed E-state index contributed by atoms with van der Waals surface area (Å²) in [6, 6.07) is 17.3. The van der Waals surface area contributed by atoms with Crippen LogP contribution in [0.1, 0.15) is 43.9 Å². The van der Waals surface area contributed by atoms with Crippen molar-refractivity contribution in [2.75, 3.05) is 6.54 Å². The van der Waals surface area contributed by atoms with E-state index in [-0.39, 0.29) is 6.04 Å². The van der Waals surface area contributed by atoms with Gasteiger partial charge in [0.2, 0.25) is 0 Å². The molecule has 0 heterocycles. The number of fused-ring (bicyclic) bond motifs is 3. The molecule has 2 aromatic rings. The van der Waals surface area contributed by atoms with Crippen molar-refractivity contribution >= 4 is 0 Å². The third-order valence-corrected chi connectivity index (χ3v) is 4.79. The molecule has 110 valence electrons. The van der Waals surface area contributed by atoms with Crippen molar-refractivity contribution in [3.63, 3.8) is 0 Å². The van der Waals surface area contributed by atoms with E-state index in [1.165, 1.54) is 22.3 Å². The van der Waals surface area contributed by atoms with Crippen molar-refractivity contribution in [3.8, 4) is 11.1 Å². The molecular weight excluding hydrogens is 258 g/mol. The van der Waals surface area contributed by atoms with E-state index in [9.17, 15) is 5.11 Å². The average molecular weight is 281 g/mol. The van der Waals surface area contributed by atoms with E-state index in [4.69, 9.17) is 0 Å². The molecule has 0 spiro atoms. The maximum absolute atomic E-state index is 10.5. The lowest BCUT2D eigenvalue weighted by atomic mass is 9.96. The molecule has 1 aliphatic rings. The van der Waals surface area contributed by atoms with E-state index < -0.39 is 5.60 Å². The molecule has 0 atom stereocenters. The SMILES string of the molecule is CCC(O)(CC)CNC1c2ccccc2-c2ccccc21. The molecule has 21 heavy (non-hydrogen) atoms. The molecule has 0 saturated carbocycles. The van der Waals surface area contributed by atoms with Crippen LogP contribution in [0.25, 0.3) is 11.1 Å². The molecule has 0 saturated heterocycles. The van der Waals surface area contributed by atoms with Crippen LogP contribution in [0.3, 0.4) is 0 Å². The minimum Gasteiger partial charge on any atom is -0.389 e. The van der Waals surface area contributed by atoms with Gasteiger partial charge in [-0.05, 0) is 35.1 Å². The molecule has 0 bridgehead atoms. The molecule has 3 rings (SSSR count). The highest BCUT2D eigenvalue weighted by molar-refractivity contribution is 5.78. The monoisotopic (exact) mass is 281 g/mol. The lowest BCUT2D eigenvalue weighted by Crippen LogP contribution is -2.40. The molecule has 2 heteroatoms. The van der Waals surface area contributed by atoms with Crippen molar-refractivity contribution in [1.29, 1.82) is 0 Å². The summed E-state index contributed by atoms with van der Waals surface area (Å²) in [7, 11) is 0. The van der Waals surface area contributed by atoms with Crippen LogP contribution < -0.4 is 5.32 Å². The molecule has 1 aliphatic carbocycles. The lowest BCUT2D eigenvalue weighted by molar-refractivity contribution is 0.0310. The third-order valence-electron chi connectivity index (χ3n) is 4.79. The normalized spacial score (nSPS) is 14.0. The predicted molar refractivity (Wildman–Crippen MR) is 87.3 cm³/mol. The Kier molecular flexibility index (Phi) is 3.83. The highest BCUT2D eigenvalue weighted by Gasteiger charge is 2.30. The summed E-state index contributed by atoms with van der Waals surface area (Å²) >= 11 is 0. The fourth-order valence-corrected chi connectivity index (χ4v) is 3.17. The van der Waals surface area contributed by atoms with Crippen molar-refractivity contribution in [2.24, 2.45) is 0 Å². The smallest absolute Gasteiger partial charge is 0.0766 e. The molecule has 0 unspecified atom stereocenters. The highest BCUT2D eigenvalue weighted by Crippen LogP contribution is 2.43. The van der Waals surface area contributed by atoms with Crippen LogP contribution in [0.15, 0.2) is 48.5 Å². The van der Waals surface area contributed by atoms with Crippen LogP contribution in [0.4, 0.5) is 0 Å². The summed E-state index contributed by atoms with van der Waals surface area (Å²) in [5, 5.41) is 14.1. The summed E-state index contributed by atoms with van der Waals surface area (Å²) in [5.74, 6) is 0. The van der Waals surface area contributed by atoms with Crippen molar-refractivity contribution < 1.29 is 5.11 Å². The second-order valence-electron chi connectivity index (χ2n) is 5.92. The average Bonchev–Trinajstić information content (AvgIpc) is 2.87. The molecule has 2 aromatic carbocycles. The molecule has 0 amide bonds. The van der Waals surface area contributed by atoms with Gasteiger partial charge in [-0.15, -0.1) is 0 Å². The van der Waals surface area contributed by atoms with E-state index >= 15 is 0 Å². The number of rotatable bonds is 5. The Hall–Kier alpha value is -1.64. The number of hydrogen-bond acceptors (Lipinski definition) is 2. The number of aliphatic hydroxyl groups is 1. The first kappa shape index (κ1) is 14.3. The molecular formula is C19H23NO. The van der Waals surface area contributed by atoms with Gasteiger partial charge in [-0.3, -0.25) is 0 Å². The van der Waals surface area contributed by atoms with Crippen molar-refractivity contribution in [3.05, 3.63) is 59.7 Å². The van der Waals surface area contributed by atoms with E-state index in [1.807, 2.05) is 13.8 Å². The number of hydrogen-bond donors (Lipinski definition) is 2. The molecule has 0 aliphatic heterocycles. The van der Waals surface area contributed by atoms with E-state index in [0.717, 1.165) is 12.8 Å². The molecule has 2 N–H and O–H groups in total. The van der Waals surface area contributed by atoms with E-state index in [2.05, 4.69) is 53.8 Å².